The maximum absolute atomic E-state index is 9.91. The summed E-state index contributed by atoms with van der Waals surface area (Å²) in [7, 11) is 0. The summed E-state index contributed by atoms with van der Waals surface area (Å²) in [5.74, 6) is 16.8. The lowest BCUT2D eigenvalue weighted by molar-refractivity contribution is 0.280. The molecule has 0 saturated carbocycles. The van der Waals surface area contributed by atoms with Crippen LogP contribution in [0.25, 0.3) is 0 Å². The van der Waals surface area contributed by atoms with Gasteiger partial charge in [0.15, 0.2) is 6.10 Å². The minimum absolute atomic E-state index is 0.767. The summed E-state index contributed by atoms with van der Waals surface area (Å²) in [5.41, 5.74) is 0. The highest BCUT2D eigenvalue weighted by Crippen LogP contribution is 2.14. The molecule has 2 unspecified atom stereocenters. The second kappa shape index (κ2) is 40.6. The van der Waals surface area contributed by atoms with Gasteiger partial charge in [-0.05, 0) is 89.5 Å². The molecule has 2 atom stereocenters. The van der Waals surface area contributed by atoms with Crippen molar-refractivity contribution in [1.29, 1.82) is 0 Å². The fraction of sp³-hybridized carbons (Fsp3) is 0.696. The van der Waals surface area contributed by atoms with Crippen LogP contribution >= 0.6 is 0 Å². The van der Waals surface area contributed by atoms with E-state index in [1.165, 1.54) is 122 Å². The summed E-state index contributed by atoms with van der Waals surface area (Å²) in [6, 6.07) is 0. The third kappa shape index (κ3) is 39.6. The summed E-state index contributed by atoms with van der Waals surface area (Å²) in [4.78, 5) is 0. The van der Waals surface area contributed by atoms with E-state index >= 15 is 0 Å². The van der Waals surface area contributed by atoms with Gasteiger partial charge in [-0.2, -0.15) is 0 Å². The monoisotopic (exact) mass is 657 g/mol. The molecule has 268 valence electrons. The maximum atomic E-state index is 9.91. The minimum Gasteiger partial charge on any atom is -0.377 e. The van der Waals surface area contributed by atoms with E-state index in [0.29, 0.717) is 0 Å². The van der Waals surface area contributed by atoms with Gasteiger partial charge in [0.25, 0.3) is 0 Å². The first-order valence-electron chi connectivity index (χ1n) is 19.9. The molecule has 0 saturated heterocycles. The van der Waals surface area contributed by atoms with Crippen molar-refractivity contribution in [2.75, 3.05) is 0 Å². The van der Waals surface area contributed by atoms with Gasteiger partial charge in [0.1, 0.15) is 6.10 Å². The van der Waals surface area contributed by atoms with Crippen LogP contribution < -0.4 is 0 Å². The molecule has 0 radical (unpaired) electrons. The minimum atomic E-state index is -0.830. The molecule has 0 bridgehead atoms. The summed E-state index contributed by atoms with van der Waals surface area (Å²) < 4.78 is 0. The van der Waals surface area contributed by atoms with Gasteiger partial charge in [-0.3, -0.25) is 0 Å². The van der Waals surface area contributed by atoms with Crippen molar-refractivity contribution < 1.29 is 10.2 Å². The number of aliphatic hydroxyl groups is 2. The van der Waals surface area contributed by atoms with E-state index < -0.39 is 12.2 Å². The summed E-state index contributed by atoms with van der Waals surface area (Å²) >= 11 is 0. The number of allylic oxidation sites excluding steroid dienone is 5. The Bertz CT molecular complexity index is 980. The largest absolute Gasteiger partial charge is 0.377 e. The predicted octanol–water partition coefficient (Wildman–Crippen LogP) is 12.4. The normalized spacial score (nSPS) is 12.4. The van der Waals surface area contributed by atoms with Crippen molar-refractivity contribution in [3.8, 4) is 48.4 Å². The van der Waals surface area contributed by atoms with Gasteiger partial charge in [-0.1, -0.05) is 150 Å². The number of hydrogen-bond acceptors (Lipinski definition) is 2. The first-order chi connectivity index (χ1) is 23.7. The second-order valence-corrected chi connectivity index (χ2v) is 13.2. The topological polar surface area (TPSA) is 40.5 Å². The lowest BCUT2D eigenvalue weighted by atomic mass is 10.0. The Labute approximate surface area is 299 Å². The van der Waals surface area contributed by atoms with Crippen LogP contribution in [-0.2, 0) is 0 Å². The van der Waals surface area contributed by atoms with Crippen molar-refractivity contribution in [3.05, 3.63) is 36.5 Å². The van der Waals surface area contributed by atoms with E-state index in [0.717, 1.165) is 70.6 Å². The van der Waals surface area contributed by atoms with Crippen LogP contribution in [0.2, 0.25) is 0 Å². The Morgan fingerprint density at radius 1 is 0.396 bits per heavy atom. The van der Waals surface area contributed by atoms with E-state index in [1.54, 1.807) is 6.08 Å². The molecule has 0 rings (SSSR count). The third-order valence-electron chi connectivity index (χ3n) is 8.58. The number of unbranched alkanes of at least 4 members (excludes halogenated alkanes) is 26. The first kappa shape index (κ1) is 45.4. The summed E-state index contributed by atoms with van der Waals surface area (Å²) in [5, 5.41) is 19.2. The zero-order chi connectivity index (χ0) is 34.9. The highest BCUT2D eigenvalue weighted by molar-refractivity contribution is 5.19. The van der Waals surface area contributed by atoms with Crippen molar-refractivity contribution in [1.82, 2.24) is 0 Å². The predicted molar refractivity (Wildman–Crippen MR) is 211 cm³/mol. The van der Waals surface area contributed by atoms with E-state index in [2.05, 4.69) is 59.8 Å². The SMILES string of the molecule is C#CCCCCCCCCCCCCCCCCC=CCCCCC=CCCCCC#CC(O)C#CCCCCCCC=CC(O)C#C. The van der Waals surface area contributed by atoms with Gasteiger partial charge in [0, 0.05) is 19.3 Å². The molecule has 0 aliphatic heterocycles. The molecule has 48 heavy (non-hydrogen) atoms. The fourth-order valence-electron chi connectivity index (χ4n) is 5.57. The zero-order valence-electron chi connectivity index (χ0n) is 30.9. The number of aliphatic hydroxyl groups excluding tert-OH is 2. The zero-order valence-corrected chi connectivity index (χ0v) is 30.9. The molecule has 0 fully saturated rings. The standard InChI is InChI=1S/C46H72O2/c1-3-5-6-7-8-9-10-11-12-13-14-15-16-17-18-19-20-21-22-23-24-25-26-27-28-29-30-34-37-40-43-46(48)44-41-38-35-32-31-33-36-39-42-45(47)4-2/h1-2,21-22,27-28,39,42,45-48H,5-20,23-26,29-38H2. The number of rotatable bonds is 32. The smallest absolute Gasteiger partial charge is 0.176 e. The van der Waals surface area contributed by atoms with E-state index in [9.17, 15) is 10.2 Å². The Kier molecular flexibility index (Phi) is 38.3. The lowest BCUT2D eigenvalue weighted by Crippen LogP contribution is -1.97. The van der Waals surface area contributed by atoms with Crippen molar-refractivity contribution in [2.24, 2.45) is 0 Å². The van der Waals surface area contributed by atoms with Crippen molar-refractivity contribution in [2.45, 2.75) is 205 Å². The quantitative estimate of drug-likeness (QED) is 0.0430. The van der Waals surface area contributed by atoms with E-state index in [1.807, 2.05) is 6.08 Å². The molecule has 0 aliphatic rings. The second-order valence-electron chi connectivity index (χ2n) is 13.2. The highest BCUT2D eigenvalue weighted by atomic mass is 16.3. The highest BCUT2D eigenvalue weighted by Gasteiger charge is 1.95. The molecule has 2 N–H and O–H groups in total. The molecule has 2 heteroatoms. The van der Waals surface area contributed by atoms with Gasteiger partial charge in [0.05, 0.1) is 0 Å². The molecule has 2 nitrogen and oxygen atoms in total. The van der Waals surface area contributed by atoms with Gasteiger partial charge < -0.3 is 10.2 Å². The van der Waals surface area contributed by atoms with Gasteiger partial charge in [0.2, 0.25) is 0 Å². The fourth-order valence-corrected chi connectivity index (χ4v) is 5.57. The Hall–Kier alpha value is -2.62. The molecule has 0 spiro atoms. The molecular weight excluding hydrogens is 585 g/mol. The molecule has 0 heterocycles. The Morgan fingerprint density at radius 3 is 1.12 bits per heavy atom. The molecule has 0 aromatic rings. The summed E-state index contributed by atoms with van der Waals surface area (Å²) in [6.07, 6.45) is 58.7. The third-order valence-corrected chi connectivity index (χ3v) is 8.58. The average Bonchev–Trinajstić information content (AvgIpc) is 3.09. The molecule has 0 aromatic carbocycles. The van der Waals surface area contributed by atoms with Crippen LogP contribution in [-0.4, -0.2) is 22.4 Å². The molecule has 0 amide bonds. The Morgan fingerprint density at radius 2 is 0.708 bits per heavy atom. The molecule has 0 aromatic heterocycles. The molecular formula is C46H72O2. The van der Waals surface area contributed by atoms with Crippen molar-refractivity contribution >= 4 is 0 Å². The summed E-state index contributed by atoms with van der Waals surface area (Å²) in [6.45, 7) is 0. The van der Waals surface area contributed by atoms with Crippen LogP contribution in [0, 0.1) is 48.4 Å². The van der Waals surface area contributed by atoms with Crippen LogP contribution in [0.5, 0.6) is 0 Å². The van der Waals surface area contributed by atoms with Crippen LogP contribution in [0.4, 0.5) is 0 Å². The first-order valence-corrected chi connectivity index (χ1v) is 19.9. The van der Waals surface area contributed by atoms with Crippen LogP contribution in [0.15, 0.2) is 36.5 Å². The van der Waals surface area contributed by atoms with E-state index in [-0.39, 0.29) is 0 Å². The van der Waals surface area contributed by atoms with Crippen LogP contribution in [0.3, 0.4) is 0 Å². The number of hydrogen-bond donors (Lipinski definition) is 2. The van der Waals surface area contributed by atoms with Crippen molar-refractivity contribution in [3.63, 3.8) is 0 Å². The molecule has 0 aliphatic carbocycles. The lowest BCUT2D eigenvalue weighted by Gasteiger charge is -2.03. The maximum Gasteiger partial charge on any atom is 0.176 e. The average molecular weight is 657 g/mol. The van der Waals surface area contributed by atoms with Gasteiger partial charge >= 0.3 is 0 Å². The Balaban J connectivity index is 3.40. The van der Waals surface area contributed by atoms with Crippen LogP contribution in [0.1, 0.15) is 193 Å². The van der Waals surface area contributed by atoms with Gasteiger partial charge in [-0.25, -0.2) is 0 Å². The number of terminal acetylenes is 2. The van der Waals surface area contributed by atoms with Gasteiger partial charge in [-0.15, -0.1) is 18.8 Å². The van der Waals surface area contributed by atoms with E-state index in [4.69, 9.17) is 12.8 Å².